The van der Waals surface area contributed by atoms with Crippen molar-refractivity contribution in [3.8, 4) is 22.5 Å². The van der Waals surface area contributed by atoms with Gasteiger partial charge in [-0.25, -0.2) is 9.97 Å². The molecule has 2 N–H and O–H groups in total. The van der Waals surface area contributed by atoms with E-state index in [4.69, 9.17) is 11.6 Å². The summed E-state index contributed by atoms with van der Waals surface area (Å²) in [5.74, 6) is -0.348. The molecule has 1 aliphatic heterocycles. The Labute approximate surface area is 196 Å². The van der Waals surface area contributed by atoms with Crippen molar-refractivity contribution in [1.82, 2.24) is 15.4 Å². The first-order valence-electron chi connectivity index (χ1n) is 9.45. The third-order valence-corrected chi connectivity index (χ3v) is 6.42. The molecule has 0 spiro atoms. The fraction of sp³-hybridized carbons (Fsp3) is 0. The van der Waals surface area contributed by atoms with Crippen molar-refractivity contribution in [2.24, 2.45) is 5.10 Å². The molecular weight excluding hydrogens is 464 g/mol. The lowest BCUT2D eigenvalue weighted by atomic mass is 10.2. The maximum Gasteiger partial charge on any atom is 0.301 e. The van der Waals surface area contributed by atoms with Crippen LogP contribution in [0.2, 0.25) is 5.02 Å². The van der Waals surface area contributed by atoms with Crippen LogP contribution in [0.3, 0.4) is 0 Å². The molecule has 2 aromatic heterocycles. The van der Waals surface area contributed by atoms with E-state index in [1.807, 2.05) is 53.2 Å². The normalized spacial score (nSPS) is 14.8. The molecule has 0 unspecified atom stereocenters. The number of nitrogens with zero attached hydrogens (tertiary/aromatic N) is 4. The summed E-state index contributed by atoms with van der Waals surface area (Å²) in [7, 11) is 0. The molecule has 158 valence electrons. The minimum Gasteiger partial charge on any atom is -0.287 e. The molecule has 7 nitrogen and oxygen atoms in total. The number of carbonyl (C=O) groups excluding carboxylic acids is 1. The van der Waals surface area contributed by atoms with Crippen LogP contribution >= 0.6 is 34.3 Å². The lowest BCUT2D eigenvalue weighted by Crippen LogP contribution is -2.34. The molecule has 0 aliphatic carbocycles. The van der Waals surface area contributed by atoms with Gasteiger partial charge in [-0.3, -0.25) is 15.6 Å². The predicted molar refractivity (Wildman–Crippen MR) is 131 cm³/mol. The number of thiazole rings is 2. The van der Waals surface area contributed by atoms with Gasteiger partial charge in [-0.05, 0) is 12.1 Å². The van der Waals surface area contributed by atoms with Gasteiger partial charge in [0.1, 0.15) is 0 Å². The van der Waals surface area contributed by atoms with Crippen LogP contribution in [-0.2, 0) is 4.79 Å². The Morgan fingerprint density at radius 3 is 2.44 bits per heavy atom. The zero-order valence-corrected chi connectivity index (χ0v) is 18.8. The Morgan fingerprint density at radius 1 is 0.969 bits per heavy atom. The molecule has 0 atom stereocenters. The Morgan fingerprint density at radius 2 is 1.66 bits per heavy atom. The van der Waals surface area contributed by atoms with E-state index in [0.717, 1.165) is 22.5 Å². The number of halogens is 1. The number of hydrogen-bond donors (Lipinski definition) is 2. The molecular formula is C22H15ClN6OS2. The van der Waals surface area contributed by atoms with E-state index in [2.05, 4.69) is 32.5 Å². The highest BCUT2D eigenvalue weighted by Crippen LogP contribution is 2.30. The highest BCUT2D eigenvalue weighted by atomic mass is 35.5. The summed E-state index contributed by atoms with van der Waals surface area (Å²) in [6.45, 7) is 3.90. The van der Waals surface area contributed by atoms with Gasteiger partial charge in [-0.15, -0.1) is 22.7 Å². The van der Waals surface area contributed by atoms with Crippen LogP contribution in [0, 0.1) is 0 Å². The maximum atomic E-state index is 12.9. The average molecular weight is 479 g/mol. The smallest absolute Gasteiger partial charge is 0.287 e. The van der Waals surface area contributed by atoms with E-state index in [0.29, 0.717) is 21.0 Å². The van der Waals surface area contributed by atoms with Crippen molar-refractivity contribution in [2.75, 3.05) is 10.4 Å². The standard InChI is InChI=1S/C22H15ClN6OS2/c1-13-19(26-27-21-24-17(11-31-21)14-5-3-2-4-6-14)20(30)29(28-13)22-25-18(12-32-22)15-7-9-16(23)10-8-15/h2-12,28H,1H2,(H,24,27). The van der Waals surface area contributed by atoms with Gasteiger partial charge in [0.05, 0.1) is 17.1 Å². The van der Waals surface area contributed by atoms with E-state index >= 15 is 0 Å². The van der Waals surface area contributed by atoms with Crippen LogP contribution in [0.25, 0.3) is 22.5 Å². The minimum absolute atomic E-state index is 0.171. The van der Waals surface area contributed by atoms with Crippen molar-refractivity contribution in [1.29, 1.82) is 0 Å². The van der Waals surface area contributed by atoms with Gasteiger partial charge >= 0.3 is 5.91 Å². The number of carbonyl (C=O) groups is 1. The third-order valence-electron chi connectivity index (χ3n) is 4.60. The summed E-state index contributed by atoms with van der Waals surface area (Å²) >= 11 is 8.70. The second-order valence-corrected chi connectivity index (χ2v) is 8.86. The second kappa shape index (κ2) is 8.54. The second-order valence-electron chi connectivity index (χ2n) is 6.73. The molecule has 0 bridgehead atoms. The Balaban J connectivity index is 1.32. The van der Waals surface area contributed by atoms with Crippen molar-refractivity contribution in [2.45, 2.75) is 0 Å². The first kappa shape index (κ1) is 20.4. The molecule has 4 aromatic rings. The van der Waals surface area contributed by atoms with Crippen LogP contribution in [0.4, 0.5) is 10.3 Å². The zero-order chi connectivity index (χ0) is 22.1. The van der Waals surface area contributed by atoms with E-state index in [1.54, 1.807) is 12.1 Å². The number of hydrogen-bond acceptors (Lipinski definition) is 8. The van der Waals surface area contributed by atoms with Gasteiger partial charge < -0.3 is 0 Å². The topological polar surface area (TPSA) is 82.5 Å². The lowest BCUT2D eigenvalue weighted by molar-refractivity contribution is -0.112. The Kier molecular flexibility index (Phi) is 5.44. The SMILES string of the molecule is C=C1NN(c2nc(-c3ccc(Cl)cc3)cs2)C(=O)C1=NNc1nc(-c2ccccc2)cs1. The number of rotatable bonds is 5. The number of hydrazine groups is 1. The Bertz CT molecular complexity index is 1330. The zero-order valence-electron chi connectivity index (χ0n) is 16.4. The summed E-state index contributed by atoms with van der Waals surface area (Å²) in [5, 5.41) is 11.1. The minimum atomic E-state index is -0.348. The quantitative estimate of drug-likeness (QED) is 0.374. The number of amides is 1. The van der Waals surface area contributed by atoms with E-state index in [9.17, 15) is 4.79 Å². The number of aromatic nitrogens is 2. The molecule has 0 radical (unpaired) electrons. The average Bonchev–Trinajstić information content (AvgIpc) is 3.54. The molecule has 10 heteroatoms. The molecule has 1 fully saturated rings. The van der Waals surface area contributed by atoms with Crippen molar-refractivity contribution in [3.63, 3.8) is 0 Å². The highest BCUT2D eigenvalue weighted by molar-refractivity contribution is 7.14. The molecule has 32 heavy (non-hydrogen) atoms. The number of benzene rings is 2. The predicted octanol–water partition coefficient (Wildman–Crippen LogP) is 5.42. The van der Waals surface area contributed by atoms with E-state index in [-0.39, 0.29) is 11.6 Å². The molecule has 0 saturated carbocycles. The van der Waals surface area contributed by atoms with Crippen LogP contribution < -0.4 is 15.9 Å². The third kappa shape index (κ3) is 4.01. The van der Waals surface area contributed by atoms with Gasteiger partial charge in [0.25, 0.3) is 0 Å². The fourth-order valence-electron chi connectivity index (χ4n) is 3.01. The summed E-state index contributed by atoms with van der Waals surface area (Å²) in [6.07, 6.45) is 0. The first-order chi connectivity index (χ1) is 15.6. The molecule has 1 saturated heterocycles. The van der Waals surface area contributed by atoms with Gasteiger partial charge in [0.15, 0.2) is 5.71 Å². The molecule has 3 heterocycles. The summed E-state index contributed by atoms with van der Waals surface area (Å²) < 4.78 is 0. The van der Waals surface area contributed by atoms with Gasteiger partial charge in [0.2, 0.25) is 10.3 Å². The van der Waals surface area contributed by atoms with Crippen LogP contribution in [0.5, 0.6) is 0 Å². The van der Waals surface area contributed by atoms with Crippen molar-refractivity contribution >= 4 is 56.2 Å². The largest absolute Gasteiger partial charge is 0.301 e. The van der Waals surface area contributed by atoms with Crippen molar-refractivity contribution in [3.05, 3.63) is 82.7 Å². The maximum absolute atomic E-state index is 12.9. The number of anilines is 2. The van der Waals surface area contributed by atoms with Crippen molar-refractivity contribution < 1.29 is 4.79 Å². The van der Waals surface area contributed by atoms with Crippen LogP contribution in [0.15, 0.2) is 82.7 Å². The van der Waals surface area contributed by atoms with Gasteiger partial charge in [-0.2, -0.15) is 10.1 Å². The van der Waals surface area contributed by atoms with Crippen LogP contribution in [0.1, 0.15) is 0 Å². The highest BCUT2D eigenvalue weighted by Gasteiger charge is 2.34. The molecule has 5 rings (SSSR count). The first-order valence-corrected chi connectivity index (χ1v) is 11.6. The summed E-state index contributed by atoms with van der Waals surface area (Å²) in [5.41, 5.74) is 9.87. The molecule has 1 amide bonds. The fourth-order valence-corrected chi connectivity index (χ4v) is 4.59. The van der Waals surface area contributed by atoms with Gasteiger partial charge in [0, 0.05) is 26.9 Å². The van der Waals surface area contributed by atoms with Crippen LogP contribution in [-0.4, -0.2) is 21.6 Å². The molecule has 2 aromatic carbocycles. The summed E-state index contributed by atoms with van der Waals surface area (Å²) in [4.78, 5) is 22.0. The molecule has 1 aliphatic rings. The number of nitrogens with one attached hydrogen (secondary N) is 2. The van der Waals surface area contributed by atoms with E-state index < -0.39 is 0 Å². The summed E-state index contributed by atoms with van der Waals surface area (Å²) in [6, 6.07) is 17.2. The van der Waals surface area contributed by atoms with E-state index in [1.165, 1.54) is 27.7 Å². The monoisotopic (exact) mass is 478 g/mol. The number of hydrazone groups is 1. The lowest BCUT2D eigenvalue weighted by Gasteiger charge is -2.10. The Hall–Kier alpha value is -3.53. The van der Waals surface area contributed by atoms with Gasteiger partial charge in [-0.1, -0.05) is 60.6 Å².